The number of benzene rings is 12. The number of hydrogen-bond acceptors (Lipinski definition) is 1. The highest BCUT2D eigenvalue weighted by Gasteiger charge is 2.25. The van der Waals surface area contributed by atoms with Gasteiger partial charge in [0, 0.05) is 10.8 Å². The first-order valence-electron chi connectivity index (χ1n) is 21.8. The van der Waals surface area contributed by atoms with Gasteiger partial charge in [0.1, 0.15) is 11.2 Å². The Kier molecular flexibility index (Phi) is 7.98. The van der Waals surface area contributed by atoms with Gasteiger partial charge in [-0.2, -0.15) is 0 Å². The van der Waals surface area contributed by atoms with Gasteiger partial charge in [-0.05, 0) is 122 Å². The third kappa shape index (κ3) is 5.37. The maximum atomic E-state index is 6.91. The van der Waals surface area contributed by atoms with E-state index in [-0.39, 0.29) is 0 Å². The zero-order valence-electron chi connectivity index (χ0n) is 34.3. The van der Waals surface area contributed by atoms with Crippen LogP contribution in [0.3, 0.4) is 0 Å². The lowest BCUT2D eigenvalue weighted by molar-refractivity contribution is 0.669. The van der Waals surface area contributed by atoms with Crippen LogP contribution >= 0.6 is 0 Å². The summed E-state index contributed by atoms with van der Waals surface area (Å²) in [5.74, 6) is 0. The van der Waals surface area contributed by atoms with Crippen molar-refractivity contribution in [3.63, 3.8) is 0 Å². The van der Waals surface area contributed by atoms with Gasteiger partial charge in [0.15, 0.2) is 0 Å². The minimum atomic E-state index is 0.879. The normalized spacial score (nSPS) is 11.8. The van der Waals surface area contributed by atoms with Crippen molar-refractivity contribution in [2.75, 3.05) is 0 Å². The predicted molar refractivity (Wildman–Crippen MR) is 268 cm³/mol. The lowest BCUT2D eigenvalue weighted by Crippen LogP contribution is -1.93. The van der Waals surface area contributed by atoms with E-state index < -0.39 is 0 Å². The van der Waals surface area contributed by atoms with Crippen molar-refractivity contribution in [2.24, 2.45) is 0 Å². The Bertz CT molecular complexity index is 3840. The molecule has 13 aromatic rings. The van der Waals surface area contributed by atoms with E-state index in [0.717, 1.165) is 27.5 Å². The third-order valence-corrected chi connectivity index (χ3v) is 13.3. The molecule has 1 heteroatoms. The average molecular weight is 799 g/mol. The Morgan fingerprint density at radius 2 is 0.508 bits per heavy atom. The van der Waals surface area contributed by atoms with Gasteiger partial charge in [0.05, 0.1) is 0 Å². The van der Waals surface area contributed by atoms with E-state index in [1.807, 2.05) is 0 Å². The molecule has 0 aliphatic carbocycles. The Morgan fingerprint density at radius 1 is 0.190 bits per heavy atom. The van der Waals surface area contributed by atoms with E-state index in [4.69, 9.17) is 4.42 Å². The summed E-state index contributed by atoms with van der Waals surface area (Å²) in [4.78, 5) is 0. The molecule has 0 unspecified atom stereocenters. The van der Waals surface area contributed by atoms with Gasteiger partial charge in [-0.3, -0.25) is 0 Å². The first-order valence-corrected chi connectivity index (χ1v) is 21.8. The quantitative estimate of drug-likeness (QED) is 0.158. The fourth-order valence-electron chi connectivity index (χ4n) is 10.7. The maximum Gasteiger partial charge on any atom is 0.136 e. The Labute approximate surface area is 364 Å². The molecule has 1 heterocycles. The van der Waals surface area contributed by atoms with Gasteiger partial charge in [0.2, 0.25) is 0 Å². The van der Waals surface area contributed by atoms with Gasteiger partial charge < -0.3 is 4.42 Å². The number of furan rings is 1. The third-order valence-electron chi connectivity index (χ3n) is 13.3. The summed E-state index contributed by atoms with van der Waals surface area (Å²) < 4.78 is 6.91. The minimum Gasteiger partial charge on any atom is -0.456 e. The fraction of sp³-hybridized carbons (Fsp3) is 0. The second kappa shape index (κ2) is 14.2. The molecule has 0 amide bonds. The molecule has 0 saturated heterocycles. The summed E-state index contributed by atoms with van der Waals surface area (Å²) in [5, 5.41) is 14.5. The van der Waals surface area contributed by atoms with Crippen LogP contribution in [0.1, 0.15) is 0 Å². The highest BCUT2D eigenvalue weighted by atomic mass is 16.3. The molecule has 0 radical (unpaired) electrons. The molecule has 0 atom stereocenters. The summed E-state index contributed by atoms with van der Waals surface area (Å²) in [6, 6.07) is 84.1. The summed E-state index contributed by atoms with van der Waals surface area (Å²) >= 11 is 0. The number of fused-ring (bicyclic) bond motifs is 8. The highest BCUT2D eigenvalue weighted by molar-refractivity contribution is 6.30. The van der Waals surface area contributed by atoms with Crippen molar-refractivity contribution >= 4 is 75.8 Å². The summed E-state index contributed by atoms with van der Waals surface area (Å²) in [5.41, 5.74) is 13.9. The van der Waals surface area contributed by atoms with Crippen LogP contribution < -0.4 is 0 Å². The molecule has 63 heavy (non-hydrogen) atoms. The smallest absolute Gasteiger partial charge is 0.136 e. The lowest BCUT2D eigenvalue weighted by Gasteiger charge is -2.20. The standard InChI is InChI=1S/C62H38O/c1-3-19-39(20-4-1)41-37-38-52(43-24-8-7-23-42(41)43)58-48-29-13-15-31-50(48)60(51-32-16-14-30-49(51)58)54-34-18-36-56-62(54)61-53(33-17-35-55(61)63-56)59-46-27-11-9-25-44(46)57(40-21-5-2-6-22-40)45-26-10-12-28-47(45)59/h1-38H. The van der Waals surface area contributed by atoms with Gasteiger partial charge >= 0.3 is 0 Å². The second-order valence-electron chi connectivity index (χ2n) is 16.6. The molecule has 0 bridgehead atoms. The van der Waals surface area contributed by atoms with E-state index >= 15 is 0 Å². The second-order valence-corrected chi connectivity index (χ2v) is 16.6. The molecule has 0 aliphatic rings. The molecule has 1 aromatic heterocycles. The zero-order valence-corrected chi connectivity index (χ0v) is 34.3. The van der Waals surface area contributed by atoms with Crippen molar-refractivity contribution in [1.82, 2.24) is 0 Å². The summed E-state index contributed by atoms with van der Waals surface area (Å²) in [7, 11) is 0. The van der Waals surface area contributed by atoms with Crippen molar-refractivity contribution in [3.05, 3.63) is 231 Å². The van der Waals surface area contributed by atoms with Crippen LogP contribution in [-0.2, 0) is 0 Å². The molecule has 1 nitrogen and oxygen atoms in total. The topological polar surface area (TPSA) is 13.1 Å². The Balaban J connectivity index is 1.13. The summed E-state index contributed by atoms with van der Waals surface area (Å²) in [6.07, 6.45) is 0. The molecular weight excluding hydrogens is 761 g/mol. The monoisotopic (exact) mass is 798 g/mol. The fourth-order valence-corrected chi connectivity index (χ4v) is 10.7. The van der Waals surface area contributed by atoms with Crippen molar-refractivity contribution in [3.8, 4) is 55.6 Å². The molecular formula is C62H38O. The van der Waals surface area contributed by atoms with E-state index in [0.29, 0.717) is 0 Å². The van der Waals surface area contributed by atoms with Crippen molar-refractivity contribution < 1.29 is 4.42 Å². The lowest BCUT2D eigenvalue weighted by atomic mass is 9.82. The minimum absolute atomic E-state index is 0.879. The molecule has 0 saturated carbocycles. The SMILES string of the molecule is c1ccc(-c2ccc(-c3c4ccccc4c(-c4cccc5oc6cccc(-c7c8ccccc8c(-c8ccccc8)c8ccccc78)c6c45)c4ccccc34)c3ccccc23)cc1. The molecule has 0 aliphatic heterocycles. The van der Waals surface area contributed by atoms with Gasteiger partial charge in [0.25, 0.3) is 0 Å². The van der Waals surface area contributed by atoms with Gasteiger partial charge in [-0.25, -0.2) is 0 Å². The first-order chi connectivity index (χ1) is 31.3. The van der Waals surface area contributed by atoms with Crippen LogP contribution in [-0.4, -0.2) is 0 Å². The predicted octanol–water partition coefficient (Wildman–Crippen LogP) is 17.7. The van der Waals surface area contributed by atoms with E-state index in [1.54, 1.807) is 0 Å². The molecule has 12 aromatic carbocycles. The van der Waals surface area contributed by atoms with Crippen molar-refractivity contribution in [1.29, 1.82) is 0 Å². The van der Waals surface area contributed by atoms with Gasteiger partial charge in [-0.1, -0.05) is 218 Å². The first kappa shape index (κ1) is 35.5. The van der Waals surface area contributed by atoms with Gasteiger partial charge in [-0.15, -0.1) is 0 Å². The molecule has 0 N–H and O–H groups in total. The van der Waals surface area contributed by atoms with E-state index in [1.165, 1.54) is 104 Å². The number of hydrogen-bond donors (Lipinski definition) is 0. The molecule has 0 spiro atoms. The van der Waals surface area contributed by atoms with Crippen LogP contribution in [0.2, 0.25) is 0 Å². The molecule has 0 fully saturated rings. The molecule has 292 valence electrons. The Hall–Kier alpha value is -8.26. The highest BCUT2D eigenvalue weighted by Crippen LogP contribution is 2.51. The van der Waals surface area contributed by atoms with E-state index in [9.17, 15) is 0 Å². The summed E-state index contributed by atoms with van der Waals surface area (Å²) in [6.45, 7) is 0. The van der Waals surface area contributed by atoms with Crippen LogP contribution in [0.4, 0.5) is 0 Å². The Morgan fingerprint density at radius 3 is 0.937 bits per heavy atom. The number of rotatable bonds is 5. The average Bonchev–Trinajstić information content (AvgIpc) is 3.75. The van der Waals surface area contributed by atoms with E-state index in [2.05, 4.69) is 231 Å². The largest absolute Gasteiger partial charge is 0.456 e. The van der Waals surface area contributed by atoms with Crippen LogP contribution in [0.5, 0.6) is 0 Å². The van der Waals surface area contributed by atoms with Crippen LogP contribution in [0.25, 0.3) is 131 Å². The van der Waals surface area contributed by atoms with Crippen LogP contribution in [0.15, 0.2) is 235 Å². The maximum absolute atomic E-state index is 6.91. The van der Waals surface area contributed by atoms with Crippen molar-refractivity contribution in [2.45, 2.75) is 0 Å². The molecule has 13 rings (SSSR count). The zero-order chi connectivity index (χ0) is 41.4. The van der Waals surface area contributed by atoms with Crippen LogP contribution in [0, 0.1) is 0 Å².